The van der Waals surface area contributed by atoms with Gasteiger partial charge < -0.3 is 14.8 Å². The van der Waals surface area contributed by atoms with Crippen LogP contribution >= 0.6 is 0 Å². The van der Waals surface area contributed by atoms with E-state index >= 15 is 0 Å². The summed E-state index contributed by atoms with van der Waals surface area (Å²) >= 11 is 0. The molecule has 6 heteroatoms. The van der Waals surface area contributed by atoms with Gasteiger partial charge in [0.15, 0.2) is 0 Å². The lowest BCUT2D eigenvalue weighted by atomic mass is 9.83. The molecule has 2 heterocycles. The largest absolute Gasteiger partial charge is 0.467 e. The van der Waals surface area contributed by atoms with E-state index in [2.05, 4.69) is 16.4 Å². The Morgan fingerprint density at radius 3 is 2.64 bits per heavy atom. The van der Waals surface area contributed by atoms with Crippen LogP contribution in [0.1, 0.15) is 36.8 Å². The van der Waals surface area contributed by atoms with Crippen LogP contribution in [0.15, 0.2) is 65.5 Å². The van der Waals surface area contributed by atoms with Crippen LogP contribution in [0.4, 0.5) is 0 Å². The predicted octanol–water partition coefficient (Wildman–Crippen LogP) is 3.34. The summed E-state index contributed by atoms with van der Waals surface area (Å²) in [6, 6.07) is 14.8. The van der Waals surface area contributed by atoms with Gasteiger partial charge in [-0.05, 0) is 43.2 Å². The SMILES string of the molecule is CC(C)(C(=O)NCC(O)c1ccco1)c1ccc(-c2cncc(C#N)c2)cc1. The number of carbonyl (C=O) groups is 1. The van der Waals surface area contributed by atoms with Crippen molar-refractivity contribution in [3.63, 3.8) is 0 Å². The number of aliphatic hydroxyl groups is 1. The minimum absolute atomic E-state index is 0.0699. The number of aliphatic hydroxyl groups excluding tert-OH is 1. The topological polar surface area (TPSA) is 99.2 Å². The average molecular weight is 375 g/mol. The maximum atomic E-state index is 12.7. The van der Waals surface area contributed by atoms with Gasteiger partial charge in [0, 0.05) is 18.0 Å². The van der Waals surface area contributed by atoms with Gasteiger partial charge in [0.2, 0.25) is 5.91 Å². The normalized spacial score (nSPS) is 12.2. The molecule has 6 nitrogen and oxygen atoms in total. The second-order valence-electron chi connectivity index (χ2n) is 7.02. The fourth-order valence-corrected chi connectivity index (χ4v) is 2.86. The number of nitriles is 1. The average Bonchev–Trinajstić information content (AvgIpc) is 3.27. The number of hydrogen-bond donors (Lipinski definition) is 2. The van der Waals surface area contributed by atoms with Crippen LogP contribution in [0.25, 0.3) is 11.1 Å². The molecule has 0 aliphatic carbocycles. The number of rotatable bonds is 6. The van der Waals surface area contributed by atoms with Crippen LogP contribution in [0, 0.1) is 11.3 Å². The van der Waals surface area contributed by atoms with Gasteiger partial charge in [-0.15, -0.1) is 0 Å². The van der Waals surface area contributed by atoms with Crippen molar-refractivity contribution in [2.75, 3.05) is 6.54 Å². The summed E-state index contributed by atoms with van der Waals surface area (Å²) in [5.41, 5.74) is 2.31. The maximum Gasteiger partial charge on any atom is 0.230 e. The van der Waals surface area contributed by atoms with Gasteiger partial charge in [-0.2, -0.15) is 5.26 Å². The molecule has 2 N–H and O–H groups in total. The smallest absolute Gasteiger partial charge is 0.230 e. The van der Waals surface area contributed by atoms with E-state index in [9.17, 15) is 9.90 Å². The maximum absolute atomic E-state index is 12.7. The molecule has 0 saturated carbocycles. The second kappa shape index (κ2) is 8.07. The van der Waals surface area contributed by atoms with Gasteiger partial charge in [-0.25, -0.2) is 0 Å². The number of nitrogens with one attached hydrogen (secondary N) is 1. The van der Waals surface area contributed by atoms with Crippen molar-refractivity contribution in [2.24, 2.45) is 0 Å². The van der Waals surface area contributed by atoms with E-state index in [1.165, 1.54) is 12.5 Å². The second-order valence-corrected chi connectivity index (χ2v) is 7.02. The van der Waals surface area contributed by atoms with E-state index < -0.39 is 11.5 Å². The molecule has 3 aromatic rings. The van der Waals surface area contributed by atoms with E-state index in [1.807, 2.05) is 38.1 Å². The molecule has 142 valence electrons. The van der Waals surface area contributed by atoms with Crippen LogP contribution in [-0.2, 0) is 10.2 Å². The number of nitrogens with zero attached hydrogens (tertiary/aromatic N) is 2. The first kappa shape index (κ1) is 19.3. The number of hydrogen-bond acceptors (Lipinski definition) is 5. The van der Waals surface area contributed by atoms with Crippen LogP contribution in [0.3, 0.4) is 0 Å². The van der Waals surface area contributed by atoms with E-state index in [1.54, 1.807) is 24.4 Å². The predicted molar refractivity (Wildman–Crippen MR) is 104 cm³/mol. The summed E-state index contributed by atoms with van der Waals surface area (Å²) in [5, 5.41) is 21.9. The lowest BCUT2D eigenvalue weighted by molar-refractivity contribution is -0.126. The Kier molecular flexibility index (Phi) is 5.57. The zero-order chi connectivity index (χ0) is 20.1. The molecule has 0 radical (unpaired) electrons. The summed E-state index contributed by atoms with van der Waals surface area (Å²) < 4.78 is 5.14. The van der Waals surface area contributed by atoms with Gasteiger partial charge in [0.25, 0.3) is 0 Å². The first-order valence-electron chi connectivity index (χ1n) is 8.87. The highest BCUT2D eigenvalue weighted by Crippen LogP contribution is 2.27. The van der Waals surface area contributed by atoms with E-state index in [0.29, 0.717) is 11.3 Å². The van der Waals surface area contributed by atoms with Crippen molar-refractivity contribution < 1.29 is 14.3 Å². The lowest BCUT2D eigenvalue weighted by Gasteiger charge is -2.25. The Hall–Kier alpha value is -3.43. The molecule has 0 saturated heterocycles. The number of carbonyl (C=O) groups excluding carboxylic acids is 1. The molecule has 0 fully saturated rings. The summed E-state index contributed by atoms with van der Waals surface area (Å²) in [4.78, 5) is 16.8. The zero-order valence-corrected chi connectivity index (χ0v) is 15.7. The molecule has 0 aliphatic rings. The molecular weight excluding hydrogens is 354 g/mol. The summed E-state index contributed by atoms with van der Waals surface area (Å²) in [5.74, 6) is 0.217. The van der Waals surface area contributed by atoms with Crippen molar-refractivity contribution >= 4 is 5.91 Å². The number of furan rings is 1. The first-order valence-corrected chi connectivity index (χ1v) is 8.87. The number of aromatic nitrogens is 1. The lowest BCUT2D eigenvalue weighted by Crippen LogP contribution is -2.41. The summed E-state index contributed by atoms with van der Waals surface area (Å²) in [7, 11) is 0. The van der Waals surface area contributed by atoms with Crippen LogP contribution in [0.5, 0.6) is 0 Å². The molecule has 0 bridgehead atoms. The van der Waals surface area contributed by atoms with Gasteiger partial charge in [-0.3, -0.25) is 9.78 Å². The number of amides is 1. The molecule has 1 aromatic carbocycles. The summed E-state index contributed by atoms with van der Waals surface area (Å²) in [6.07, 6.45) is 3.80. The van der Waals surface area contributed by atoms with Crippen molar-refractivity contribution in [3.05, 3.63) is 78.0 Å². The van der Waals surface area contributed by atoms with Crippen molar-refractivity contribution in [3.8, 4) is 17.2 Å². The van der Waals surface area contributed by atoms with Crippen molar-refractivity contribution in [1.29, 1.82) is 5.26 Å². The third-order valence-electron chi connectivity index (χ3n) is 4.70. The third kappa shape index (κ3) is 4.11. The molecule has 28 heavy (non-hydrogen) atoms. The van der Waals surface area contributed by atoms with Gasteiger partial charge >= 0.3 is 0 Å². The molecule has 0 aliphatic heterocycles. The highest BCUT2D eigenvalue weighted by atomic mass is 16.4. The molecule has 3 rings (SSSR count). The van der Waals surface area contributed by atoms with E-state index in [0.717, 1.165) is 16.7 Å². The van der Waals surface area contributed by atoms with Crippen LogP contribution in [0.2, 0.25) is 0 Å². The quantitative estimate of drug-likeness (QED) is 0.688. The Bertz CT molecular complexity index is 987. The van der Waals surface area contributed by atoms with Crippen LogP contribution in [-0.4, -0.2) is 22.5 Å². The monoisotopic (exact) mass is 375 g/mol. The molecule has 1 unspecified atom stereocenters. The Balaban J connectivity index is 1.70. The third-order valence-corrected chi connectivity index (χ3v) is 4.70. The van der Waals surface area contributed by atoms with E-state index in [4.69, 9.17) is 9.68 Å². The summed E-state index contributed by atoms with van der Waals surface area (Å²) in [6.45, 7) is 3.73. The molecule has 1 atom stereocenters. The highest BCUT2D eigenvalue weighted by Gasteiger charge is 2.30. The molecule has 2 aromatic heterocycles. The first-order chi connectivity index (χ1) is 13.4. The fraction of sp³-hybridized carbons (Fsp3) is 0.227. The Morgan fingerprint density at radius 1 is 1.25 bits per heavy atom. The molecular formula is C22H21N3O3. The van der Waals surface area contributed by atoms with Crippen molar-refractivity contribution in [2.45, 2.75) is 25.4 Å². The standard InChI is InChI=1S/C22H21N3O3/c1-22(2,21(27)25-14-19(26)20-4-3-9-28-20)18-7-5-16(6-8-18)17-10-15(11-23)12-24-13-17/h3-10,12-13,19,26H,14H2,1-2H3,(H,25,27). The minimum Gasteiger partial charge on any atom is -0.467 e. The number of benzene rings is 1. The number of pyridine rings is 1. The van der Waals surface area contributed by atoms with Crippen LogP contribution < -0.4 is 5.32 Å². The zero-order valence-electron chi connectivity index (χ0n) is 15.7. The van der Waals surface area contributed by atoms with E-state index in [-0.39, 0.29) is 12.5 Å². The fourth-order valence-electron chi connectivity index (χ4n) is 2.86. The Labute approximate surface area is 163 Å². The Morgan fingerprint density at radius 2 is 2.00 bits per heavy atom. The van der Waals surface area contributed by atoms with Crippen molar-refractivity contribution in [1.82, 2.24) is 10.3 Å². The highest BCUT2D eigenvalue weighted by molar-refractivity contribution is 5.87. The minimum atomic E-state index is -0.892. The molecule has 1 amide bonds. The van der Waals surface area contributed by atoms with Gasteiger partial charge in [-0.1, -0.05) is 24.3 Å². The van der Waals surface area contributed by atoms with Gasteiger partial charge in [0.05, 0.1) is 23.8 Å². The molecule has 0 spiro atoms. The van der Waals surface area contributed by atoms with Gasteiger partial charge in [0.1, 0.15) is 17.9 Å².